The Morgan fingerprint density at radius 2 is 2.11 bits per heavy atom. The maximum Gasteiger partial charge on any atom is 0.287 e. The number of amides is 1. The lowest BCUT2D eigenvalue weighted by molar-refractivity contribution is -0.0372. The van der Waals surface area contributed by atoms with Crippen LogP contribution in [0.3, 0.4) is 0 Å². The Bertz CT molecular complexity index is 846. The van der Waals surface area contributed by atoms with Crippen molar-refractivity contribution >= 4 is 16.9 Å². The first-order valence-corrected chi connectivity index (χ1v) is 10.4. The van der Waals surface area contributed by atoms with Gasteiger partial charge in [0, 0.05) is 25.7 Å². The summed E-state index contributed by atoms with van der Waals surface area (Å²) in [7, 11) is 1.92. The average molecular weight is 367 g/mol. The summed E-state index contributed by atoms with van der Waals surface area (Å²) < 4.78 is 1.90. The second-order valence-corrected chi connectivity index (χ2v) is 8.48. The average Bonchev–Trinajstić information content (AvgIpc) is 3.05. The number of aryl methyl sites for hydroxylation is 1. The summed E-state index contributed by atoms with van der Waals surface area (Å²) in [6.07, 6.45) is 5.26. The summed E-state index contributed by atoms with van der Waals surface area (Å²) >= 11 is 0. The van der Waals surface area contributed by atoms with Crippen molar-refractivity contribution < 1.29 is 4.79 Å². The van der Waals surface area contributed by atoms with Gasteiger partial charge in [-0.2, -0.15) is 0 Å². The molecule has 6 heteroatoms. The topological polar surface area (TPSA) is 62.2 Å². The molecule has 0 aliphatic carbocycles. The Morgan fingerprint density at radius 3 is 3.00 bits per heavy atom. The molecule has 3 fully saturated rings. The van der Waals surface area contributed by atoms with Gasteiger partial charge in [-0.15, -0.1) is 0 Å². The second-order valence-electron chi connectivity index (χ2n) is 8.48. The lowest BCUT2D eigenvalue weighted by atomic mass is 9.73. The molecule has 4 atom stereocenters. The van der Waals surface area contributed by atoms with Crippen LogP contribution in [0.4, 0.5) is 0 Å². The van der Waals surface area contributed by atoms with Gasteiger partial charge in [0.05, 0.1) is 11.0 Å². The smallest absolute Gasteiger partial charge is 0.287 e. The molecule has 144 valence electrons. The predicted molar refractivity (Wildman–Crippen MR) is 106 cm³/mol. The SMILES string of the molecule is Cn1c(C(=O)NC[C@H]2[C@@H]3CNC[C@@H](C3)[C@@H]3CCCCN32)nc2ccccc21. The highest BCUT2D eigenvalue weighted by molar-refractivity contribution is 5.94. The van der Waals surface area contributed by atoms with Crippen LogP contribution in [0.5, 0.6) is 0 Å². The van der Waals surface area contributed by atoms with Gasteiger partial charge in [-0.3, -0.25) is 9.69 Å². The normalized spacial score (nSPS) is 30.9. The third-order valence-corrected chi connectivity index (χ3v) is 6.99. The van der Waals surface area contributed by atoms with Crippen molar-refractivity contribution in [2.75, 3.05) is 26.2 Å². The molecule has 3 aliphatic heterocycles. The highest BCUT2D eigenvalue weighted by Gasteiger charge is 2.45. The molecule has 1 amide bonds. The van der Waals surface area contributed by atoms with Gasteiger partial charge in [-0.05, 0) is 62.9 Å². The van der Waals surface area contributed by atoms with Gasteiger partial charge in [-0.1, -0.05) is 18.6 Å². The summed E-state index contributed by atoms with van der Waals surface area (Å²) in [5.74, 6) is 1.87. The number of fused-ring (bicyclic) bond motifs is 5. The molecule has 0 spiro atoms. The largest absolute Gasteiger partial charge is 0.348 e. The molecular weight excluding hydrogens is 338 g/mol. The number of carbonyl (C=O) groups excluding carboxylic acids is 1. The van der Waals surface area contributed by atoms with Crippen molar-refractivity contribution in [1.29, 1.82) is 0 Å². The fourth-order valence-electron chi connectivity index (χ4n) is 5.67. The van der Waals surface area contributed by atoms with Gasteiger partial charge in [0.15, 0.2) is 5.82 Å². The van der Waals surface area contributed by atoms with Crippen molar-refractivity contribution in [2.24, 2.45) is 18.9 Å². The summed E-state index contributed by atoms with van der Waals surface area (Å²) in [5.41, 5.74) is 1.87. The highest BCUT2D eigenvalue weighted by atomic mass is 16.2. The quantitative estimate of drug-likeness (QED) is 0.868. The standard InChI is InChI=1S/C21H29N5O/c1-25-18-8-3-2-6-16(18)24-20(25)21(27)23-13-19-15-10-14(11-22-12-15)17-7-4-5-9-26(17)19/h2-3,6,8,14-15,17,19,22H,4-5,7,9-13H2,1H3,(H,23,27)/t14-,15+,17+,19+/m1/s1. The van der Waals surface area contributed by atoms with Crippen molar-refractivity contribution in [3.63, 3.8) is 0 Å². The first-order valence-electron chi connectivity index (χ1n) is 10.4. The molecule has 2 aromatic rings. The number of para-hydroxylation sites is 2. The number of rotatable bonds is 3. The van der Waals surface area contributed by atoms with Crippen LogP contribution < -0.4 is 10.6 Å². The minimum absolute atomic E-state index is 0.0619. The molecule has 0 unspecified atom stereocenters. The lowest BCUT2D eigenvalue weighted by Crippen LogP contribution is -2.65. The van der Waals surface area contributed by atoms with E-state index in [1.165, 1.54) is 32.2 Å². The number of carbonyl (C=O) groups is 1. The van der Waals surface area contributed by atoms with E-state index < -0.39 is 0 Å². The predicted octanol–water partition coefficient (Wildman–Crippen LogP) is 1.77. The van der Waals surface area contributed by atoms with E-state index in [-0.39, 0.29) is 5.91 Å². The van der Waals surface area contributed by atoms with Crippen molar-refractivity contribution in [2.45, 2.75) is 37.8 Å². The van der Waals surface area contributed by atoms with E-state index in [4.69, 9.17) is 0 Å². The van der Waals surface area contributed by atoms with Crippen molar-refractivity contribution in [1.82, 2.24) is 25.1 Å². The van der Waals surface area contributed by atoms with E-state index in [9.17, 15) is 4.79 Å². The summed E-state index contributed by atoms with van der Waals surface area (Å²) in [5, 5.41) is 6.86. The van der Waals surface area contributed by atoms with Crippen LogP contribution in [0.25, 0.3) is 11.0 Å². The number of benzene rings is 1. The molecule has 6 nitrogen and oxygen atoms in total. The van der Waals surface area contributed by atoms with Crippen LogP contribution in [0.15, 0.2) is 24.3 Å². The van der Waals surface area contributed by atoms with E-state index in [1.54, 1.807) is 0 Å². The Kier molecular flexibility index (Phi) is 4.40. The molecule has 1 aromatic carbocycles. The third kappa shape index (κ3) is 2.95. The van der Waals surface area contributed by atoms with Crippen molar-refractivity contribution in [3.8, 4) is 0 Å². The van der Waals surface area contributed by atoms with Gasteiger partial charge >= 0.3 is 0 Å². The molecule has 0 radical (unpaired) electrons. The van der Waals surface area contributed by atoms with Gasteiger partial charge < -0.3 is 15.2 Å². The first-order chi connectivity index (χ1) is 13.2. The Hall–Kier alpha value is -1.92. The number of imidazole rings is 1. The maximum absolute atomic E-state index is 12.9. The van der Waals surface area contributed by atoms with Crippen LogP contribution in [-0.2, 0) is 7.05 Å². The van der Waals surface area contributed by atoms with Crippen LogP contribution in [-0.4, -0.2) is 58.6 Å². The number of hydrogen-bond acceptors (Lipinski definition) is 4. The molecule has 3 aliphatic rings. The summed E-state index contributed by atoms with van der Waals surface area (Å²) in [4.78, 5) is 20.1. The Balaban J connectivity index is 1.33. The first kappa shape index (κ1) is 17.2. The Morgan fingerprint density at radius 1 is 1.26 bits per heavy atom. The molecule has 3 saturated heterocycles. The highest BCUT2D eigenvalue weighted by Crippen LogP contribution is 2.38. The fraction of sp³-hybridized carbons (Fsp3) is 0.619. The maximum atomic E-state index is 12.9. The third-order valence-electron chi connectivity index (χ3n) is 6.99. The van der Waals surface area contributed by atoms with E-state index >= 15 is 0 Å². The van der Waals surface area contributed by atoms with E-state index in [2.05, 4.69) is 20.5 Å². The number of hydrogen-bond donors (Lipinski definition) is 2. The number of nitrogens with one attached hydrogen (secondary N) is 2. The molecule has 2 N–H and O–H groups in total. The molecular formula is C21H29N5O. The Labute approximate surface area is 160 Å². The van der Waals surface area contributed by atoms with Gasteiger partial charge in [0.2, 0.25) is 0 Å². The minimum Gasteiger partial charge on any atom is -0.348 e. The zero-order valence-corrected chi connectivity index (χ0v) is 16.0. The molecule has 1 aromatic heterocycles. The minimum atomic E-state index is -0.0619. The van der Waals surface area contributed by atoms with Crippen LogP contribution in [0.2, 0.25) is 0 Å². The molecule has 5 rings (SSSR count). The van der Waals surface area contributed by atoms with Gasteiger partial charge in [0.1, 0.15) is 0 Å². The molecule has 0 saturated carbocycles. The molecule has 27 heavy (non-hydrogen) atoms. The molecule has 4 heterocycles. The second kappa shape index (κ2) is 6.91. The zero-order valence-electron chi connectivity index (χ0n) is 16.0. The van der Waals surface area contributed by atoms with Crippen molar-refractivity contribution in [3.05, 3.63) is 30.1 Å². The number of piperidine rings is 3. The zero-order chi connectivity index (χ0) is 18.4. The van der Waals surface area contributed by atoms with Gasteiger partial charge in [-0.25, -0.2) is 4.98 Å². The fourth-order valence-corrected chi connectivity index (χ4v) is 5.67. The van der Waals surface area contributed by atoms with Gasteiger partial charge in [0.25, 0.3) is 5.91 Å². The van der Waals surface area contributed by atoms with Crippen LogP contribution in [0.1, 0.15) is 36.3 Å². The van der Waals surface area contributed by atoms with Crippen LogP contribution >= 0.6 is 0 Å². The number of aromatic nitrogens is 2. The summed E-state index contributed by atoms with van der Waals surface area (Å²) in [6, 6.07) is 9.04. The monoisotopic (exact) mass is 367 g/mol. The lowest BCUT2D eigenvalue weighted by Gasteiger charge is -2.55. The number of nitrogens with zero attached hydrogens (tertiary/aromatic N) is 3. The van der Waals surface area contributed by atoms with E-state index in [0.29, 0.717) is 23.8 Å². The molecule has 2 bridgehead atoms. The summed E-state index contributed by atoms with van der Waals surface area (Å²) in [6.45, 7) is 4.14. The van der Waals surface area contributed by atoms with E-state index in [0.717, 1.165) is 36.6 Å². The van der Waals surface area contributed by atoms with Crippen LogP contribution in [0, 0.1) is 11.8 Å². The van der Waals surface area contributed by atoms with E-state index in [1.807, 2.05) is 35.9 Å².